The number of esters is 1. The third-order valence-corrected chi connectivity index (χ3v) is 8.66. The number of carbonyl (C=O) groups is 4. The molecule has 1 aromatic carbocycles. The van der Waals surface area contributed by atoms with Gasteiger partial charge in [0.15, 0.2) is 5.78 Å². The molecule has 1 saturated heterocycles. The lowest BCUT2D eigenvalue weighted by Crippen LogP contribution is -2.49. The van der Waals surface area contributed by atoms with Crippen molar-refractivity contribution in [3.8, 4) is 0 Å². The molecule has 1 aliphatic carbocycles. The van der Waals surface area contributed by atoms with Gasteiger partial charge >= 0.3 is 12.1 Å². The topological polar surface area (TPSA) is 119 Å². The Bertz CT molecular complexity index is 1130. The molecule has 2 N–H and O–H groups in total. The normalized spacial score (nSPS) is 31.8. The molecule has 0 spiro atoms. The first kappa shape index (κ1) is 27.4. The Morgan fingerprint density at radius 2 is 1.85 bits per heavy atom. The third-order valence-electron chi connectivity index (χ3n) is 8.66. The minimum Gasteiger partial charge on any atom is -0.466 e. The van der Waals surface area contributed by atoms with Crippen molar-refractivity contribution < 1.29 is 28.7 Å². The number of ether oxygens (including phenoxy) is 2. The molecule has 0 aromatic heterocycles. The summed E-state index contributed by atoms with van der Waals surface area (Å²) >= 11 is 0. The molecular formula is C30H39N3O6. The molecule has 1 aromatic rings. The van der Waals surface area contributed by atoms with Crippen LogP contribution in [0.5, 0.6) is 0 Å². The summed E-state index contributed by atoms with van der Waals surface area (Å²) in [5, 5.41) is 0. The molecule has 1 saturated carbocycles. The lowest BCUT2D eigenvalue weighted by molar-refractivity contribution is -0.152. The number of hydrogen-bond donors (Lipinski definition) is 1. The number of allylic oxidation sites excluding steroid dienone is 2. The number of hydrogen-bond acceptors (Lipinski definition) is 7. The fraction of sp³-hybridized carbons (Fsp3) is 0.600. The van der Waals surface area contributed by atoms with Crippen LogP contribution < -0.4 is 5.73 Å². The standard InChI is InChI=1S/C30H39N3O6/c1-2-38-28(36)30-15-22(30)12-6-4-3-5-7-13-24(31)27(35)33-19-23(14-25(33)26(34)16-30)39-29(37)32-17-20-10-8-9-11-21(20)18-32/h6,8-12,22-25H,2-5,7,13-19,31H2,1H3/b12-6-/t22-,23-,24+,25+,30-/m1/s1. The van der Waals surface area contributed by atoms with E-state index in [1.165, 1.54) is 4.90 Å². The van der Waals surface area contributed by atoms with Crippen molar-refractivity contribution in [2.45, 2.75) is 89.6 Å². The third kappa shape index (κ3) is 5.73. The summed E-state index contributed by atoms with van der Waals surface area (Å²) < 4.78 is 11.2. The van der Waals surface area contributed by atoms with Crippen molar-refractivity contribution in [1.82, 2.24) is 9.80 Å². The molecule has 0 unspecified atom stereocenters. The molecule has 4 aliphatic rings. The van der Waals surface area contributed by atoms with E-state index in [1.807, 2.05) is 30.3 Å². The van der Waals surface area contributed by atoms with Crippen LogP contribution in [0.1, 0.15) is 69.4 Å². The highest BCUT2D eigenvalue weighted by molar-refractivity contribution is 5.95. The zero-order valence-corrected chi connectivity index (χ0v) is 22.7. The molecule has 0 radical (unpaired) electrons. The summed E-state index contributed by atoms with van der Waals surface area (Å²) in [4.78, 5) is 56.3. The molecule has 39 heavy (non-hydrogen) atoms. The Morgan fingerprint density at radius 1 is 1.10 bits per heavy atom. The van der Waals surface area contributed by atoms with Gasteiger partial charge in [-0.3, -0.25) is 19.3 Å². The molecule has 0 bridgehead atoms. The molecule has 5 atom stereocenters. The average Bonchev–Trinajstić information content (AvgIpc) is 3.24. The first-order valence-electron chi connectivity index (χ1n) is 14.3. The number of fused-ring (bicyclic) bond motifs is 3. The van der Waals surface area contributed by atoms with E-state index in [0.29, 0.717) is 25.9 Å². The Hall–Kier alpha value is -3.20. The van der Waals surface area contributed by atoms with Crippen LogP contribution in [0.15, 0.2) is 36.4 Å². The highest BCUT2D eigenvalue weighted by Crippen LogP contribution is 2.57. The van der Waals surface area contributed by atoms with E-state index in [0.717, 1.165) is 36.8 Å². The molecule has 3 aliphatic heterocycles. The number of amides is 2. The quantitative estimate of drug-likeness (QED) is 0.463. The van der Waals surface area contributed by atoms with Crippen LogP contribution in [-0.2, 0) is 36.9 Å². The Kier molecular flexibility index (Phi) is 8.07. The van der Waals surface area contributed by atoms with Gasteiger partial charge in [-0.1, -0.05) is 49.3 Å². The minimum atomic E-state index is -0.892. The van der Waals surface area contributed by atoms with Crippen LogP contribution in [-0.4, -0.2) is 64.9 Å². The molecule has 5 rings (SSSR count). The molecule has 2 fully saturated rings. The van der Waals surface area contributed by atoms with E-state index in [2.05, 4.69) is 6.08 Å². The van der Waals surface area contributed by atoms with Gasteiger partial charge < -0.3 is 20.1 Å². The molecule has 9 nitrogen and oxygen atoms in total. The van der Waals surface area contributed by atoms with Crippen molar-refractivity contribution in [2.75, 3.05) is 13.2 Å². The summed E-state index contributed by atoms with van der Waals surface area (Å²) in [7, 11) is 0. The van der Waals surface area contributed by atoms with Gasteiger partial charge in [-0.25, -0.2) is 4.79 Å². The van der Waals surface area contributed by atoms with Crippen LogP contribution in [0.2, 0.25) is 0 Å². The average molecular weight is 538 g/mol. The lowest BCUT2D eigenvalue weighted by atomic mass is 9.91. The second kappa shape index (κ2) is 11.5. The smallest absolute Gasteiger partial charge is 0.410 e. The number of nitrogens with two attached hydrogens (primary N) is 1. The lowest BCUT2D eigenvalue weighted by Gasteiger charge is -2.27. The molecular weight excluding hydrogens is 498 g/mol. The SMILES string of the molecule is CCOC(=O)[C@]12CC(=O)[C@@H]3C[C@@H](OC(=O)N4Cc5ccccc5C4)CN3C(=O)[C@@H](N)CCCCC/C=C\[C@@H]1C2. The van der Waals surface area contributed by atoms with Gasteiger partial charge in [0.25, 0.3) is 0 Å². The predicted octanol–water partition coefficient (Wildman–Crippen LogP) is 3.48. The largest absolute Gasteiger partial charge is 0.466 e. The number of benzene rings is 1. The second-order valence-corrected chi connectivity index (χ2v) is 11.4. The Balaban J connectivity index is 1.33. The van der Waals surface area contributed by atoms with Crippen molar-refractivity contribution in [3.63, 3.8) is 0 Å². The summed E-state index contributed by atoms with van der Waals surface area (Å²) in [6.07, 6.45) is 7.95. The maximum Gasteiger partial charge on any atom is 0.410 e. The maximum atomic E-state index is 13.8. The van der Waals surface area contributed by atoms with Crippen LogP contribution in [0.3, 0.4) is 0 Å². The molecule has 9 heteroatoms. The summed E-state index contributed by atoms with van der Waals surface area (Å²) in [6, 6.07) is 6.36. The second-order valence-electron chi connectivity index (χ2n) is 11.4. The molecule has 2 amide bonds. The summed E-state index contributed by atoms with van der Waals surface area (Å²) in [5.41, 5.74) is 7.58. The van der Waals surface area contributed by atoms with Crippen LogP contribution >= 0.6 is 0 Å². The Labute approximate surface area is 229 Å². The van der Waals surface area contributed by atoms with Gasteiger partial charge in [-0.15, -0.1) is 0 Å². The number of ketones is 1. The fourth-order valence-corrected chi connectivity index (χ4v) is 6.31. The van der Waals surface area contributed by atoms with E-state index >= 15 is 0 Å². The van der Waals surface area contributed by atoms with Crippen LogP contribution in [0.25, 0.3) is 0 Å². The fourth-order valence-electron chi connectivity index (χ4n) is 6.31. The minimum absolute atomic E-state index is 0.00732. The Morgan fingerprint density at radius 3 is 2.56 bits per heavy atom. The molecule has 3 heterocycles. The van der Waals surface area contributed by atoms with Crippen molar-refractivity contribution in [3.05, 3.63) is 47.5 Å². The van der Waals surface area contributed by atoms with E-state index in [4.69, 9.17) is 15.2 Å². The zero-order chi connectivity index (χ0) is 27.6. The van der Waals surface area contributed by atoms with Gasteiger partial charge in [-0.2, -0.15) is 0 Å². The van der Waals surface area contributed by atoms with Crippen molar-refractivity contribution >= 4 is 23.8 Å². The van der Waals surface area contributed by atoms with Gasteiger partial charge in [0.2, 0.25) is 5.91 Å². The monoisotopic (exact) mass is 537 g/mol. The van der Waals surface area contributed by atoms with E-state index < -0.39 is 29.7 Å². The van der Waals surface area contributed by atoms with Crippen molar-refractivity contribution in [2.24, 2.45) is 17.1 Å². The van der Waals surface area contributed by atoms with Crippen LogP contribution in [0, 0.1) is 11.3 Å². The molecule has 210 valence electrons. The van der Waals surface area contributed by atoms with Gasteiger partial charge in [-0.05, 0) is 49.7 Å². The van der Waals surface area contributed by atoms with E-state index in [9.17, 15) is 19.2 Å². The first-order chi connectivity index (χ1) is 18.8. The maximum absolute atomic E-state index is 13.8. The van der Waals surface area contributed by atoms with E-state index in [-0.39, 0.29) is 49.6 Å². The first-order valence-corrected chi connectivity index (χ1v) is 14.3. The zero-order valence-electron chi connectivity index (χ0n) is 22.7. The van der Waals surface area contributed by atoms with Crippen molar-refractivity contribution in [1.29, 1.82) is 0 Å². The van der Waals surface area contributed by atoms with Crippen LogP contribution in [0.4, 0.5) is 4.79 Å². The van der Waals surface area contributed by atoms with Gasteiger partial charge in [0.05, 0.1) is 30.7 Å². The number of nitrogens with zero attached hydrogens (tertiary/aromatic N) is 2. The number of Topliss-reactive ketones (excluding diaryl/α,β-unsaturated/α-hetero) is 1. The van der Waals surface area contributed by atoms with E-state index in [1.54, 1.807) is 11.8 Å². The number of carbonyl (C=O) groups excluding carboxylic acids is 4. The van der Waals surface area contributed by atoms with Gasteiger partial charge in [0, 0.05) is 25.9 Å². The van der Waals surface area contributed by atoms with Gasteiger partial charge in [0.1, 0.15) is 6.10 Å². The highest BCUT2D eigenvalue weighted by Gasteiger charge is 2.61. The predicted molar refractivity (Wildman–Crippen MR) is 143 cm³/mol. The number of rotatable bonds is 3. The summed E-state index contributed by atoms with van der Waals surface area (Å²) in [6.45, 7) is 3.05. The highest BCUT2D eigenvalue weighted by atomic mass is 16.6. The summed E-state index contributed by atoms with van der Waals surface area (Å²) in [5.74, 6) is -0.919.